The van der Waals surface area contributed by atoms with Gasteiger partial charge in [0.1, 0.15) is 6.61 Å². The van der Waals surface area contributed by atoms with Crippen molar-refractivity contribution >= 4 is 11.9 Å². The molecule has 156 valence electrons. The van der Waals surface area contributed by atoms with E-state index < -0.39 is 30.8 Å². The Morgan fingerprint density at radius 3 is 2.10 bits per heavy atom. The first-order valence-electron chi connectivity index (χ1n) is 9.39. The number of benzene rings is 2. The van der Waals surface area contributed by atoms with Crippen LogP contribution in [0.2, 0.25) is 0 Å². The maximum absolute atomic E-state index is 12.7. The molecule has 2 aromatic carbocycles. The Morgan fingerprint density at radius 2 is 1.48 bits per heavy atom. The first-order chi connectivity index (χ1) is 14.1. The average Bonchev–Trinajstić information content (AvgIpc) is 2.74. The van der Waals surface area contributed by atoms with E-state index in [9.17, 15) is 9.59 Å². The summed E-state index contributed by atoms with van der Waals surface area (Å²) in [5.41, 5.74) is 0.681. The van der Waals surface area contributed by atoms with Crippen LogP contribution in [0.1, 0.15) is 25.5 Å². The first kappa shape index (κ1) is 22.2. The molecule has 0 aromatic heterocycles. The smallest absolute Gasteiger partial charge is 0.339 e. The third kappa shape index (κ3) is 6.50. The summed E-state index contributed by atoms with van der Waals surface area (Å²) in [5, 5.41) is 0. The number of para-hydroxylation sites is 2. The quantitative estimate of drug-likeness (QED) is 0.533. The standard InChI is InChI=1S/C22H26O7/c1-4-26-19(23)15-28-21(22(24)27-5-2)20(16-11-7-6-8-12-16)29-18-14-10-9-13-17(18)25-3/h6-14,20-21H,4-5,15H2,1-3H3. The number of hydrogen-bond acceptors (Lipinski definition) is 7. The SMILES string of the molecule is CCOC(=O)COC(C(=O)OCC)C(Oc1ccccc1OC)c1ccccc1. The van der Waals surface area contributed by atoms with Crippen LogP contribution < -0.4 is 9.47 Å². The van der Waals surface area contributed by atoms with Gasteiger partial charge >= 0.3 is 11.9 Å². The number of carbonyl (C=O) groups excluding carboxylic acids is 2. The second-order valence-corrected chi connectivity index (χ2v) is 5.89. The fourth-order valence-corrected chi connectivity index (χ4v) is 2.66. The summed E-state index contributed by atoms with van der Waals surface area (Å²) in [6.45, 7) is 3.35. The fourth-order valence-electron chi connectivity index (χ4n) is 2.66. The number of esters is 2. The molecule has 29 heavy (non-hydrogen) atoms. The normalized spacial score (nSPS) is 12.5. The van der Waals surface area contributed by atoms with E-state index >= 15 is 0 Å². The molecule has 0 aliphatic heterocycles. The molecule has 7 nitrogen and oxygen atoms in total. The van der Waals surface area contributed by atoms with Gasteiger partial charge < -0.3 is 23.7 Å². The molecule has 2 aromatic rings. The summed E-state index contributed by atoms with van der Waals surface area (Å²) in [5.74, 6) is -0.286. The van der Waals surface area contributed by atoms with Gasteiger partial charge in [-0.1, -0.05) is 42.5 Å². The van der Waals surface area contributed by atoms with Crippen molar-refractivity contribution in [2.24, 2.45) is 0 Å². The summed E-state index contributed by atoms with van der Waals surface area (Å²) in [4.78, 5) is 24.4. The number of carbonyl (C=O) groups is 2. The van der Waals surface area contributed by atoms with Crippen LogP contribution in [0, 0.1) is 0 Å². The van der Waals surface area contributed by atoms with Crippen molar-refractivity contribution in [2.45, 2.75) is 26.1 Å². The summed E-state index contributed by atoms with van der Waals surface area (Å²) < 4.78 is 27.2. The molecule has 0 heterocycles. The van der Waals surface area contributed by atoms with Gasteiger partial charge in [-0.15, -0.1) is 0 Å². The highest BCUT2D eigenvalue weighted by Gasteiger charge is 2.35. The second kappa shape index (κ2) is 11.7. The lowest BCUT2D eigenvalue weighted by molar-refractivity contribution is -0.169. The van der Waals surface area contributed by atoms with Gasteiger partial charge in [-0.2, -0.15) is 0 Å². The van der Waals surface area contributed by atoms with Gasteiger partial charge in [0, 0.05) is 0 Å². The van der Waals surface area contributed by atoms with Crippen molar-refractivity contribution in [3.05, 3.63) is 60.2 Å². The lowest BCUT2D eigenvalue weighted by atomic mass is 10.0. The average molecular weight is 402 g/mol. The molecule has 0 amide bonds. The van der Waals surface area contributed by atoms with Gasteiger partial charge in [0.15, 0.2) is 23.7 Å². The minimum absolute atomic E-state index is 0.161. The van der Waals surface area contributed by atoms with E-state index in [0.29, 0.717) is 17.1 Å². The highest BCUT2D eigenvalue weighted by molar-refractivity contribution is 5.77. The Hall–Kier alpha value is -3.06. The van der Waals surface area contributed by atoms with Crippen LogP contribution in [0.15, 0.2) is 54.6 Å². The van der Waals surface area contributed by atoms with Crippen LogP contribution in [-0.4, -0.2) is 45.0 Å². The minimum Gasteiger partial charge on any atom is -0.493 e. The van der Waals surface area contributed by atoms with Crippen LogP contribution in [0.4, 0.5) is 0 Å². The van der Waals surface area contributed by atoms with Crippen LogP contribution in [0.25, 0.3) is 0 Å². The Bertz CT molecular complexity index is 776. The van der Waals surface area contributed by atoms with E-state index in [4.69, 9.17) is 23.7 Å². The summed E-state index contributed by atoms with van der Waals surface area (Å²) >= 11 is 0. The fraction of sp³-hybridized carbons (Fsp3) is 0.364. The maximum atomic E-state index is 12.7. The summed E-state index contributed by atoms with van der Waals surface area (Å²) in [7, 11) is 1.53. The number of rotatable bonds is 11. The molecule has 0 bridgehead atoms. The van der Waals surface area contributed by atoms with Crippen LogP contribution in [0.3, 0.4) is 0 Å². The van der Waals surface area contributed by atoms with Crippen LogP contribution >= 0.6 is 0 Å². The van der Waals surface area contributed by atoms with E-state index in [1.165, 1.54) is 7.11 Å². The molecule has 2 rings (SSSR count). The topological polar surface area (TPSA) is 80.3 Å². The Balaban J connectivity index is 2.37. The maximum Gasteiger partial charge on any atom is 0.339 e. The number of methoxy groups -OCH3 is 1. The lowest BCUT2D eigenvalue weighted by Gasteiger charge is -2.27. The number of hydrogen-bond donors (Lipinski definition) is 0. The van der Waals surface area contributed by atoms with Crippen LogP contribution in [-0.2, 0) is 23.8 Å². The van der Waals surface area contributed by atoms with Crippen molar-refractivity contribution in [3.63, 3.8) is 0 Å². The minimum atomic E-state index is -1.19. The highest BCUT2D eigenvalue weighted by Crippen LogP contribution is 2.33. The zero-order valence-corrected chi connectivity index (χ0v) is 16.8. The third-order valence-electron chi connectivity index (χ3n) is 3.93. The van der Waals surface area contributed by atoms with Crippen molar-refractivity contribution in [1.29, 1.82) is 0 Å². The van der Waals surface area contributed by atoms with Crippen LogP contribution in [0.5, 0.6) is 11.5 Å². The van der Waals surface area contributed by atoms with Gasteiger partial charge in [-0.05, 0) is 31.5 Å². The van der Waals surface area contributed by atoms with E-state index in [1.54, 1.807) is 44.2 Å². The molecule has 7 heteroatoms. The molecule has 2 unspecified atom stereocenters. The van der Waals surface area contributed by atoms with Gasteiger partial charge in [0.2, 0.25) is 0 Å². The summed E-state index contributed by atoms with van der Waals surface area (Å²) in [6.07, 6.45) is -2.06. The van der Waals surface area contributed by atoms with Gasteiger partial charge in [0.25, 0.3) is 0 Å². The molecule has 0 N–H and O–H groups in total. The molecule has 0 saturated heterocycles. The van der Waals surface area contributed by atoms with Crippen molar-refractivity contribution in [1.82, 2.24) is 0 Å². The molecular weight excluding hydrogens is 376 g/mol. The molecule has 0 aliphatic rings. The van der Waals surface area contributed by atoms with Crippen molar-refractivity contribution < 1.29 is 33.3 Å². The predicted molar refractivity (Wildman–Crippen MR) is 106 cm³/mol. The first-order valence-corrected chi connectivity index (χ1v) is 9.39. The van der Waals surface area contributed by atoms with Gasteiger partial charge in [0.05, 0.1) is 20.3 Å². The molecular formula is C22H26O7. The molecule has 2 atom stereocenters. The summed E-state index contributed by atoms with van der Waals surface area (Å²) in [6, 6.07) is 16.2. The van der Waals surface area contributed by atoms with Gasteiger partial charge in [-0.25, -0.2) is 9.59 Å². The number of ether oxygens (including phenoxy) is 5. The molecule has 0 aliphatic carbocycles. The highest BCUT2D eigenvalue weighted by atomic mass is 16.6. The zero-order chi connectivity index (χ0) is 21.1. The van der Waals surface area contributed by atoms with E-state index in [1.807, 2.05) is 24.3 Å². The van der Waals surface area contributed by atoms with E-state index in [-0.39, 0.29) is 13.2 Å². The Kier molecular flexibility index (Phi) is 8.98. The van der Waals surface area contributed by atoms with Crippen molar-refractivity contribution in [3.8, 4) is 11.5 Å². The zero-order valence-electron chi connectivity index (χ0n) is 16.8. The van der Waals surface area contributed by atoms with E-state index in [0.717, 1.165) is 0 Å². The third-order valence-corrected chi connectivity index (χ3v) is 3.93. The molecule has 0 spiro atoms. The largest absolute Gasteiger partial charge is 0.493 e. The lowest BCUT2D eigenvalue weighted by Crippen LogP contribution is -2.37. The predicted octanol–water partition coefficient (Wildman–Crippen LogP) is 3.33. The molecule has 0 saturated carbocycles. The van der Waals surface area contributed by atoms with E-state index in [2.05, 4.69) is 0 Å². The molecule has 0 fully saturated rings. The van der Waals surface area contributed by atoms with Crippen molar-refractivity contribution in [2.75, 3.05) is 26.9 Å². The second-order valence-electron chi connectivity index (χ2n) is 5.89. The Labute approximate surface area is 170 Å². The Morgan fingerprint density at radius 1 is 0.862 bits per heavy atom. The van der Waals surface area contributed by atoms with Gasteiger partial charge in [-0.3, -0.25) is 0 Å². The molecule has 0 radical (unpaired) electrons. The monoisotopic (exact) mass is 402 g/mol.